The van der Waals surface area contributed by atoms with Crippen LogP contribution in [0.3, 0.4) is 0 Å². The summed E-state index contributed by atoms with van der Waals surface area (Å²) in [6, 6.07) is 14.1. The van der Waals surface area contributed by atoms with Crippen LogP contribution in [0.4, 0.5) is 0 Å². The monoisotopic (exact) mass is 554 g/mol. The molecule has 2 fully saturated rings. The molecule has 2 aliphatic rings. The topological polar surface area (TPSA) is 154 Å². The molecule has 2 heterocycles. The number of carbonyl (C=O) groups excluding carboxylic acids is 2. The Labute approximate surface area is 232 Å². The molecular weight excluding hydrogens is 520 g/mol. The van der Waals surface area contributed by atoms with Crippen LogP contribution in [0, 0.1) is 6.92 Å². The summed E-state index contributed by atoms with van der Waals surface area (Å²) in [6.45, 7) is 8.78. The number of likely N-dealkylation sites (tertiary alicyclic amines) is 1. The van der Waals surface area contributed by atoms with E-state index >= 15 is 0 Å². The van der Waals surface area contributed by atoms with E-state index in [1.54, 1.807) is 23.1 Å². The molecule has 2 aromatic rings. The second-order valence-electron chi connectivity index (χ2n) is 9.23. The van der Waals surface area contributed by atoms with Crippen molar-refractivity contribution in [1.29, 1.82) is 0 Å². The molecule has 0 aromatic heterocycles. The summed E-state index contributed by atoms with van der Waals surface area (Å²) in [5, 5.41) is 26.0. The predicted molar refractivity (Wildman–Crippen MR) is 145 cm³/mol. The molecule has 0 bridgehead atoms. The average molecular weight is 555 g/mol. The first kappa shape index (κ1) is 30.3. The van der Waals surface area contributed by atoms with Gasteiger partial charge in [-0.3, -0.25) is 14.5 Å². The molecule has 4 rings (SSSR count). The van der Waals surface area contributed by atoms with Crippen LogP contribution in [-0.4, -0.2) is 94.7 Å². The molecule has 0 saturated carbocycles. The zero-order valence-corrected chi connectivity index (χ0v) is 22.5. The van der Waals surface area contributed by atoms with E-state index in [9.17, 15) is 14.7 Å². The summed E-state index contributed by atoms with van der Waals surface area (Å²) in [6.07, 6.45) is 0.735. The second-order valence-corrected chi connectivity index (χ2v) is 9.23. The van der Waals surface area contributed by atoms with E-state index < -0.39 is 29.7 Å². The van der Waals surface area contributed by atoms with Gasteiger partial charge in [0.25, 0.3) is 11.7 Å². The number of rotatable bonds is 8. The number of morpholine rings is 1. The highest BCUT2D eigenvalue weighted by atomic mass is 16.5. The summed E-state index contributed by atoms with van der Waals surface area (Å²) in [5.74, 6) is -4.30. The van der Waals surface area contributed by atoms with Crippen molar-refractivity contribution >= 4 is 29.4 Å². The molecule has 11 nitrogen and oxygen atoms in total. The van der Waals surface area contributed by atoms with Gasteiger partial charge in [-0.25, -0.2) is 9.59 Å². The van der Waals surface area contributed by atoms with Gasteiger partial charge in [0.05, 0.1) is 31.4 Å². The smallest absolute Gasteiger partial charge is 0.414 e. The number of ether oxygens (including phenoxy) is 2. The molecule has 2 aromatic carbocycles. The Morgan fingerprint density at radius 2 is 1.62 bits per heavy atom. The number of Topliss-reactive ketones (excluding diaryl/α,β-unsaturated/α-hetero) is 1. The Morgan fingerprint density at radius 3 is 2.20 bits per heavy atom. The van der Waals surface area contributed by atoms with Crippen molar-refractivity contribution < 1.29 is 44.0 Å². The van der Waals surface area contributed by atoms with Crippen LogP contribution in [0.25, 0.3) is 5.76 Å². The van der Waals surface area contributed by atoms with Crippen LogP contribution < -0.4 is 4.74 Å². The van der Waals surface area contributed by atoms with Crippen LogP contribution in [-0.2, 0) is 23.9 Å². The number of aliphatic hydroxyl groups is 1. The normalized spacial score (nSPS) is 18.6. The quantitative estimate of drug-likeness (QED) is 0.252. The zero-order chi connectivity index (χ0) is 29.2. The number of hydrogen-bond acceptors (Lipinski definition) is 8. The van der Waals surface area contributed by atoms with Crippen molar-refractivity contribution in [3.8, 4) is 5.75 Å². The van der Waals surface area contributed by atoms with Crippen LogP contribution in [0.15, 0.2) is 54.1 Å². The second kappa shape index (κ2) is 14.2. The Kier molecular flexibility index (Phi) is 10.8. The molecule has 2 aliphatic heterocycles. The fraction of sp³-hybridized carbons (Fsp3) is 0.379. The molecule has 1 unspecified atom stereocenters. The van der Waals surface area contributed by atoms with Gasteiger partial charge >= 0.3 is 11.9 Å². The fourth-order valence-electron chi connectivity index (χ4n) is 4.65. The molecule has 3 N–H and O–H groups in total. The Morgan fingerprint density at radius 1 is 0.975 bits per heavy atom. The van der Waals surface area contributed by atoms with E-state index in [4.69, 9.17) is 29.3 Å². The Hall–Kier alpha value is -4.22. The summed E-state index contributed by atoms with van der Waals surface area (Å²) in [5.41, 5.74) is 2.28. The molecule has 1 atom stereocenters. The molecule has 1 amide bonds. The molecule has 0 aliphatic carbocycles. The van der Waals surface area contributed by atoms with Crippen molar-refractivity contribution in [2.75, 3.05) is 46.0 Å². The highest BCUT2D eigenvalue weighted by Gasteiger charge is 2.45. The number of aliphatic hydroxyl groups excluding tert-OH is 1. The Balaban J connectivity index is 0.000000663. The minimum absolute atomic E-state index is 0.131. The molecule has 11 heteroatoms. The third-order valence-corrected chi connectivity index (χ3v) is 6.56. The average Bonchev–Trinajstić information content (AvgIpc) is 3.20. The van der Waals surface area contributed by atoms with Crippen molar-refractivity contribution in [2.45, 2.75) is 26.3 Å². The maximum absolute atomic E-state index is 13.2. The van der Waals surface area contributed by atoms with E-state index in [0.29, 0.717) is 18.7 Å². The van der Waals surface area contributed by atoms with Crippen molar-refractivity contribution in [1.82, 2.24) is 9.80 Å². The Bertz CT molecular complexity index is 1240. The van der Waals surface area contributed by atoms with Crippen LogP contribution in [0.5, 0.6) is 5.75 Å². The number of carbonyl (C=O) groups is 4. The van der Waals surface area contributed by atoms with Gasteiger partial charge in [-0.2, -0.15) is 0 Å². The first-order valence-corrected chi connectivity index (χ1v) is 13.0. The third-order valence-electron chi connectivity index (χ3n) is 6.56. The van der Waals surface area contributed by atoms with E-state index in [0.717, 1.165) is 56.1 Å². The lowest BCUT2D eigenvalue weighted by atomic mass is 9.95. The van der Waals surface area contributed by atoms with Gasteiger partial charge in [0.15, 0.2) is 0 Å². The highest BCUT2D eigenvalue weighted by molar-refractivity contribution is 6.46. The zero-order valence-electron chi connectivity index (χ0n) is 22.5. The molecule has 0 radical (unpaired) electrons. The molecule has 214 valence electrons. The molecule has 40 heavy (non-hydrogen) atoms. The van der Waals surface area contributed by atoms with E-state index in [-0.39, 0.29) is 11.3 Å². The van der Waals surface area contributed by atoms with Gasteiger partial charge in [0.1, 0.15) is 11.5 Å². The minimum Gasteiger partial charge on any atom is -0.507 e. The SMILES string of the molecule is CCOc1ccc(/C(O)=C2\C(=O)C(=O)N(CCCN3CCOCC3)C2c2ccccc2)cc1C.O=C(O)C(=O)O. The van der Waals surface area contributed by atoms with Crippen molar-refractivity contribution in [3.63, 3.8) is 0 Å². The lowest BCUT2D eigenvalue weighted by Crippen LogP contribution is -2.38. The first-order valence-electron chi connectivity index (χ1n) is 13.0. The number of ketones is 1. The number of aryl methyl sites for hydroxylation is 1. The molecule has 0 spiro atoms. The van der Waals surface area contributed by atoms with Gasteiger partial charge in [0, 0.05) is 31.7 Å². The summed E-state index contributed by atoms with van der Waals surface area (Å²) < 4.78 is 11.0. The van der Waals surface area contributed by atoms with E-state index in [2.05, 4.69) is 4.90 Å². The van der Waals surface area contributed by atoms with Gasteiger partial charge in [-0.15, -0.1) is 0 Å². The molecular formula is C29H34N2O9. The third kappa shape index (κ3) is 7.45. The van der Waals surface area contributed by atoms with E-state index in [1.807, 2.05) is 44.2 Å². The standard InChI is InChI=1S/C27H32N2O5.C2H2O4/c1-3-34-22-11-10-21(18-19(22)2)25(30)23-24(20-8-5-4-6-9-20)29(27(32)26(23)31)13-7-12-28-14-16-33-17-15-28;3-1(4)2(5)6/h4-6,8-11,18,24,30H,3,7,12-17H2,1-2H3;(H,3,4)(H,5,6)/b25-23+;. The summed E-state index contributed by atoms with van der Waals surface area (Å²) >= 11 is 0. The van der Waals surface area contributed by atoms with Crippen molar-refractivity contribution in [2.24, 2.45) is 0 Å². The lowest BCUT2D eigenvalue weighted by molar-refractivity contribution is -0.159. The highest BCUT2D eigenvalue weighted by Crippen LogP contribution is 2.39. The maximum Gasteiger partial charge on any atom is 0.414 e. The number of benzene rings is 2. The van der Waals surface area contributed by atoms with Crippen LogP contribution in [0.2, 0.25) is 0 Å². The van der Waals surface area contributed by atoms with Gasteiger partial charge in [-0.05, 0) is 49.6 Å². The lowest BCUT2D eigenvalue weighted by Gasteiger charge is -2.29. The largest absolute Gasteiger partial charge is 0.507 e. The fourth-order valence-corrected chi connectivity index (χ4v) is 4.65. The number of amides is 1. The minimum atomic E-state index is -1.82. The van der Waals surface area contributed by atoms with Gasteiger partial charge in [0.2, 0.25) is 0 Å². The number of hydrogen-bond donors (Lipinski definition) is 3. The number of aliphatic carboxylic acids is 2. The number of carboxylic acid groups (broad SMARTS) is 2. The van der Waals surface area contributed by atoms with Crippen LogP contribution in [0.1, 0.15) is 36.1 Å². The van der Waals surface area contributed by atoms with Gasteiger partial charge in [-0.1, -0.05) is 30.3 Å². The summed E-state index contributed by atoms with van der Waals surface area (Å²) in [7, 11) is 0. The predicted octanol–water partition coefficient (Wildman–Crippen LogP) is 2.69. The van der Waals surface area contributed by atoms with E-state index in [1.165, 1.54) is 0 Å². The van der Waals surface area contributed by atoms with Crippen molar-refractivity contribution in [3.05, 3.63) is 70.8 Å². The number of nitrogens with zero attached hydrogens (tertiary/aromatic N) is 2. The van der Waals surface area contributed by atoms with Gasteiger partial charge < -0.3 is 29.7 Å². The number of carboxylic acids is 2. The molecule has 2 saturated heterocycles. The summed E-state index contributed by atoms with van der Waals surface area (Å²) in [4.78, 5) is 48.4. The van der Waals surface area contributed by atoms with Crippen LogP contribution >= 0.6 is 0 Å². The maximum atomic E-state index is 13.2. The first-order chi connectivity index (χ1) is 19.1.